The summed E-state index contributed by atoms with van der Waals surface area (Å²) >= 11 is 0. The molecule has 0 aliphatic carbocycles. The molecule has 0 aromatic heterocycles. The Morgan fingerprint density at radius 1 is 0.762 bits per heavy atom. The van der Waals surface area contributed by atoms with E-state index >= 15 is 0 Å². The number of aliphatic hydroxyl groups excluding tert-OH is 1. The second kappa shape index (κ2) is 9.32. The van der Waals surface area contributed by atoms with Crippen molar-refractivity contribution >= 4 is 0 Å². The van der Waals surface area contributed by atoms with E-state index in [1.165, 1.54) is 11.1 Å². The first-order valence-electron chi connectivity index (χ1n) is 7.83. The van der Waals surface area contributed by atoms with Crippen molar-refractivity contribution in [3.8, 4) is 0 Å². The summed E-state index contributed by atoms with van der Waals surface area (Å²) in [6.45, 7) is 2.26. The van der Waals surface area contributed by atoms with Gasteiger partial charge in [0.25, 0.3) is 0 Å². The highest BCUT2D eigenvalue weighted by Gasteiger charge is 2.12. The van der Waals surface area contributed by atoms with Crippen molar-refractivity contribution in [1.82, 2.24) is 5.32 Å². The quantitative estimate of drug-likeness (QED) is 0.690. The van der Waals surface area contributed by atoms with Crippen LogP contribution in [-0.4, -0.2) is 24.8 Å². The molecule has 2 heteroatoms. The summed E-state index contributed by atoms with van der Waals surface area (Å²) in [5.41, 5.74) is 2.71. The second-order valence-corrected chi connectivity index (χ2v) is 5.36. The molecule has 0 fully saturated rings. The van der Waals surface area contributed by atoms with E-state index in [9.17, 15) is 0 Å². The maximum absolute atomic E-state index is 8.79. The van der Waals surface area contributed by atoms with E-state index in [0.717, 1.165) is 32.4 Å². The summed E-state index contributed by atoms with van der Waals surface area (Å²) in [6.07, 6.45) is 3.12. The highest BCUT2D eigenvalue weighted by atomic mass is 16.2. The average Bonchev–Trinajstić information content (AvgIpc) is 2.56. The van der Waals surface area contributed by atoms with Crippen LogP contribution in [0.1, 0.15) is 36.3 Å². The fraction of sp³-hybridized carbons (Fsp3) is 0.368. The molecule has 0 heterocycles. The Balaban J connectivity index is 1.94. The summed E-state index contributed by atoms with van der Waals surface area (Å²) in [5, 5.41) is 12.3. The normalized spacial score (nSPS) is 11.0. The lowest BCUT2D eigenvalue weighted by Crippen LogP contribution is -2.23. The number of hydrogen-bond donors (Lipinski definition) is 2. The highest BCUT2D eigenvalue weighted by molar-refractivity contribution is 5.32. The summed E-state index contributed by atoms with van der Waals surface area (Å²) in [7, 11) is 0. The number of hydrogen-bond acceptors (Lipinski definition) is 2. The zero-order valence-electron chi connectivity index (χ0n) is 12.5. The molecule has 21 heavy (non-hydrogen) atoms. The van der Waals surface area contributed by atoms with E-state index in [-0.39, 0.29) is 0 Å². The Labute approximate surface area is 127 Å². The maximum Gasteiger partial charge on any atom is 0.0431 e. The molecule has 0 unspecified atom stereocenters. The minimum atomic E-state index is 0.302. The molecule has 2 rings (SSSR count). The molecule has 0 saturated heterocycles. The zero-order valence-corrected chi connectivity index (χ0v) is 12.5. The molecule has 0 atom stereocenters. The molecular weight excluding hydrogens is 258 g/mol. The predicted molar refractivity (Wildman–Crippen MR) is 88.5 cm³/mol. The van der Waals surface area contributed by atoms with Crippen molar-refractivity contribution in [3.63, 3.8) is 0 Å². The van der Waals surface area contributed by atoms with E-state index in [1.807, 2.05) is 0 Å². The maximum atomic E-state index is 8.79. The Bertz CT molecular complexity index is 444. The van der Waals surface area contributed by atoms with Crippen molar-refractivity contribution in [2.24, 2.45) is 0 Å². The van der Waals surface area contributed by atoms with Gasteiger partial charge in [0, 0.05) is 19.1 Å². The molecule has 0 saturated carbocycles. The van der Waals surface area contributed by atoms with Crippen molar-refractivity contribution in [1.29, 1.82) is 0 Å². The molecule has 0 amide bonds. The van der Waals surface area contributed by atoms with Crippen LogP contribution in [0.3, 0.4) is 0 Å². The van der Waals surface area contributed by atoms with Crippen LogP contribution in [-0.2, 0) is 0 Å². The van der Waals surface area contributed by atoms with Gasteiger partial charge in [-0.05, 0) is 36.9 Å². The SMILES string of the molecule is OCCCCCNCC(c1ccccc1)c1ccccc1. The molecule has 2 aromatic carbocycles. The van der Waals surface area contributed by atoms with E-state index < -0.39 is 0 Å². The topological polar surface area (TPSA) is 32.3 Å². The van der Waals surface area contributed by atoms with Gasteiger partial charge in [-0.25, -0.2) is 0 Å². The standard InChI is InChI=1S/C19H25NO/c21-15-9-3-8-14-20-16-19(17-10-4-1-5-11-17)18-12-6-2-7-13-18/h1-2,4-7,10-13,19-21H,3,8-9,14-16H2. The first-order valence-corrected chi connectivity index (χ1v) is 7.83. The van der Waals surface area contributed by atoms with Crippen molar-refractivity contribution in [2.75, 3.05) is 19.7 Å². The predicted octanol–water partition coefficient (Wildman–Crippen LogP) is 3.57. The number of nitrogens with one attached hydrogen (secondary N) is 1. The number of rotatable bonds is 9. The number of aliphatic hydroxyl groups is 1. The van der Waals surface area contributed by atoms with Gasteiger partial charge in [-0.3, -0.25) is 0 Å². The van der Waals surface area contributed by atoms with Crippen molar-refractivity contribution in [3.05, 3.63) is 71.8 Å². The Kier molecular flexibility index (Phi) is 6.99. The van der Waals surface area contributed by atoms with Gasteiger partial charge in [-0.1, -0.05) is 60.7 Å². The lowest BCUT2D eigenvalue weighted by atomic mass is 9.91. The van der Waals surface area contributed by atoms with E-state index in [1.54, 1.807) is 0 Å². The first kappa shape index (κ1) is 15.7. The highest BCUT2D eigenvalue weighted by Crippen LogP contribution is 2.23. The van der Waals surface area contributed by atoms with Gasteiger partial charge in [0.15, 0.2) is 0 Å². The monoisotopic (exact) mass is 283 g/mol. The van der Waals surface area contributed by atoms with Crippen LogP contribution in [0.4, 0.5) is 0 Å². The van der Waals surface area contributed by atoms with E-state index in [2.05, 4.69) is 66.0 Å². The average molecular weight is 283 g/mol. The fourth-order valence-electron chi connectivity index (χ4n) is 2.58. The smallest absolute Gasteiger partial charge is 0.0431 e. The van der Waals surface area contributed by atoms with Crippen LogP contribution >= 0.6 is 0 Å². The molecule has 0 aliphatic rings. The third kappa shape index (κ3) is 5.33. The lowest BCUT2D eigenvalue weighted by molar-refractivity contribution is 0.283. The Morgan fingerprint density at radius 2 is 1.33 bits per heavy atom. The molecule has 0 radical (unpaired) electrons. The summed E-state index contributed by atoms with van der Waals surface area (Å²) < 4.78 is 0. The molecule has 2 nitrogen and oxygen atoms in total. The van der Waals surface area contributed by atoms with Gasteiger partial charge >= 0.3 is 0 Å². The molecule has 0 aliphatic heterocycles. The zero-order chi connectivity index (χ0) is 14.8. The van der Waals surface area contributed by atoms with Gasteiger partial charge in [0.1, 0.15) is 0 Å². The molecule has 0 spiro atoms. The van der Waals surface area contributed by atoms with Crippen LogP contribution in [0.15, 0.2) is 60.7 Å². The van der Waals surface area contributed by atoms with Gasteiger partial charge in [-0.15, -0.1) is 0 Å². The third-order valence-corrected chi connectivity index (χ3v) is 3.76. The van der Waals surface area contributed by atoms with Gasteiger partial charge in [0.05, 0.1) is 0 Å². The first-order chi connectivity index (χ1) is 10.4. The molecule has 112 valence electrons. The Hall–Kier alpha value is -1.64. The van der Waals surface area contributed by atoms with E-state index in [0.29, 0.717) is 12.5 Å². The fourth-order valence-corrected chi connectivity index (χ4v) is 2.58. The lowest BCUT2D eigenvalue weighted by Gasteiger charge is -2.19. The van der Waals surface area contributed by atoms with Crippen molar-refractivity contribution in [2.45, 2.75) is 25.2 Å². The third-order valence-electron chi connectivity index (χ3n) is 3.76. The van der Waals surface area contributed by atoms with E-state index in [4.69, 9.17) is 5.11 Å². The van der Waals surface area contributed by atoms with Gasteiger partial charge in [0.2, 0.25) is 0 Å². The minimum absolute atomic E-state index is 0.302. The second-order valence-electron chi connectivity index (χ2n) is 5.36. The van der Waals surface area contributed by atoms with Crippen LogP contribution in [0, 0.1) is 0 Å². The molecular formula is C19H25NO. The van der Waals surface area contributed by atoms with Crippen LogP contribution in [0.5, 0.6) is 0 Å². The molecule has 2 N–H and O–H groups in total. The largest absolute Gasteiger partial charge is 0.396 e. The summed E-state index contributed by atoms with van der Waals surface area (Å²) in [4.78, 5) is 0. The molecule has 2 aromatic rings. The summed E-state index contributed by atoms with van der Waals surface area (Å²) in [6, 6.07) is 21.3. The van der Waals surface area contributed by atoms with Gasteiger partial charge in [-0.2, -0.15) is 0 Å². The van der Waals surface area contributed by atoms with Crippen LogP contribution in [0.2, 0.25) is 0 Å². The van der Waals surface area contributed by atoms with Crippen LogP contribution in [0.25, 0.3) is 0 Å². The Morgan fingerprint density at radius 3 is 1.86 bits per heavy atom. The van der Waals surface area contributed by atoms with Crippen LogP contribution < -0.4 is 5.32 Å². The van der Waals surface area contributed by atoms with Crippen molar-refractivity contribution < 1.29 is 5.11 Å². The van der Waals surface area contributed by atoms with Gasteiger partial charge < -0.3 is 10.4 Å². The molecule has 0 bridgehead atoms. The number of benzene rings is 2. The summed E-state index contributed by atoms with van der Waals surface area (Å²) in [5.74, 6) is 0.394. The minimum Gasteiger partial charge on any atom is -0.396 e. The number of unbranched alkanes of at least 4 members (excludes halogenated alkanes) is 2.